The molecule has 0 saturated heterocycles. The molecular formula is C17H18BrNO3. The zero-order chi connectivity index (χ0) is 15.8. The van der Waals surface area contributed by atoms with E-state index in [0.717, 1.165) is 4.47 Å². The van der Waals surface area contributed by atoms with Crippen LogP contribution in [0.1, 0.15) is 17.3 Å². The van der Waals surface area contributed by atoms with Gasteiger partial charge in [0.25, 0.3) is 5.91 Å². The van der Waals surface area contributed by atoms with Crippen molar-refractivity contribution in [3.8, 4) is 5.75 Å². The van der Waals surface area contributed by atoms with Crippen molar-refractivity contribution >= 4 is 27.5 Å². The van der Waals surface area contributed by atoms with Crippen molar-refractivity contribution in [2.24, 2.45) is 0 Å². The zero-order valence-electron chi connectivity index (χ0n) is 12.3. The molecule has 0 saturated carbocycles. The minimum Gasteiger partial charge on any atom is -0.491 e. The minimum absolute atomic E-state index is 0.168. The predicted octanol–water partition coefficient (Wildman–Crippen LogP) is 4.12. The number of amides is 1. The summed E-state index contributed by atoms with van der Waals surface area (Å²) in [7, 11) is 0. The molecule has 0 aliphatic carbocycles. The van der Waals surface area contributed by atoms with Crippen LogP contribution in [0.15, 0.2) is 53.0 Å². The van der Waals surface area contributed by atoms with Gasteiger partial charge in [-0.2, -0.15) is 0 Å². The van der Waals surface area contributed by atoms with Crippen LogP contribution in [0.3, 0.4) is 0 Å². The number of benzene rings is 2. The van der Waals surface area contributed by atoms with E-state index in [2.05, 4.69) is 21.2 Å². The molecule has 22 heavy (non-hydrogen) atoms. The van der Waals surface area contributed by atoms with Crippen LogP contribution in [-0.4, -0.2) is 25.7 Å². The Kier molecular flexibility index (Phi) is 6.43. The Morgan fingerprint density at radius 3 is 2.73 bits per heavy atom. The molecule has 0 aliphatic heterocycles. The molecule has 2 aromatic carbocycles. The van der Waals surface area contributed by atoms with Gasteiger partial charge in [-0.1, -0.05) is 18.2 Å². The lowest BCUT2D eigenvalue weighted by atomic mass is 10.2. The van der Waals surface area contributed by atoms with E-state index in [1.165, 1.54) is 0 Å². The first-order chi connectivity index (χ1) is 10.7. The Balaban J connectivity index is 1.98. The molecule has 4 nitrogen and oxygen atoms in total. The monoisotopic (exact) mass is 363 g/mol. The van der Waals surface area contributed by atoms with Crippen LogP contribution in [-0.2, 0) is 4.74 Å². The van der Waals surface area contributed by atoms with Crippen LogP contribution in [0.25, 0.3) is 0 Å². The Hall–Kier alpha value is -1.85. The van der Waals surface area contributed by atoms with Crippen molar-refractivity contribution in [3.63, 3.8) is 0 Å². The smallest absolute Gasteiger partial charge is 0.256 e. The summed E-state index contributed by atoms with van der Waals surface area (Å²) in [6.07, 6.45) is 0. The second-order valence-corrected chi connectivity index (χ2v) is 5.36. The van der Waals surface area contributed by atoms with Crippen LogP contribution in [0.4, 0.5) is 5.69 Å². The van der Waals surface area contributed by atoms with Crippen LogP contribution in [0, 0.1) is 0 Å². The van der Waals surface area contributed by atoms with E-state index >= 15 is 0 Å². The summed E-state index contributed by atoms with van der Waals surface area (Å²) in [5.41, 5.74) is 1.28. The van der Waals surface area contributed by atoms with Gasteiger partial charge >= 0.3 is 0 Å². The van der Waals surface area contributed by atoms with E-state index in [4.69, 9.17) is 9.47 Å². The average molecular weight is 364 g/mol. The molecule has 1 N–H and O–H groups in total. The number of anilines is 1. The highest BCUT2D eigenvalue weighted by atomic mass is 79.9. The topological polar surface area (TPSA) is 47.6 Å². The third-order valence-electron chi connectivity index (χ3n) is 2.91. The quantitative estimate of drug-likeness (QED) is 0.752. The van der Waals surface area contributed by atoms with E-state index in [-0.39, 0.29) is 5.91 Å². The van der Waals surface area contributed by atoms with Crippen molar-refractivity contribution in [3.05, 3.63) is 58.6 Å². The van der Waals surface area contributed by atoms with E-state index in [1.807, 2.05) is 43.3 Å². The van der Waals surface area contributed by atoms with E-state index in [0.29, 0.717) is 36.8 Å². The maximum Gasteiger partial charge on any atom is 0.256 e. The molecule has 0 aliphatic rings. The van der Waals surface area contributed by atoms with Crippen molar-refractivity contribution in [2.45, 2.75) is 6.92 Å². The Labute approximate surface area is 138 Å². The molecule has 0 atom stereocenters. The molecule has 0 fully saturated rings. The molecule has 0 bridgehead atoms. The molecule has 2 aromatic rings. The highest BCUT2D eigenvalue weighted by Gasteiger charge is 2.09. The third-order valence-corrected chi connectivity index (χ3v) is 3.60. The molecule has 0 heterocycles. The molecule has 0 radical (unpaired) electrons. The standard InChI is InChI=1S/C17H18BrNO3/c1-2-21-10-11-22-14-7-5-6-13(12-14)19-17(20)15-8-3-4-9-16(15)18/h3-9,12H,2,10-11H2,1H3,(H,19,20). The SMILES string of the molecule is CCOCCOc1cccc(NC(=O)c2ccccc2Br)c1. The summed E-state index contributed by atoms with van der Waals surface area (Å²) in [5.74, 6) is 0.531. The number of rotatable bonds is 7. The summed E-state index contributed by atoms with van der Waals surface area (Å²) in [6.45, 7) is 3.64. The molecular weight excluding hydrogens is 346 g/mol. The maximum absolute atomic E-state index is 12.2. The third kappa shape index (κ3) is 4.86. The number of carbonyl (C=O) groups excluding carboxylic acids is 1. The normalized spacial score (nSPS) is 10.3. The highest BCUT2D eigenvalue weighted by Crippen LogP contribution is 2.20. The highest BCUT2D eigenvalue weighted by molar-refractivity contribution is 9.10. The second-order valence-electron chi connectivity index (χ2n) is 4.51. The van der Waals surface area contributed by atoms with E-state index in [9.17, 15) is 4.79 Å². The molecule has 1 amide bonds. The average Bonchev–Trinajstić information content (AvgIpc) is 2.52. The number of nitrogens with one attached hydrogen (secondary N) is 1. The molecule has 116 valence electrons. The van der Waals surface area contributed by atoms with Crippen molar-refractivity contribution in [1.82, 2.24) is 0 Å². The first-order valence-electron chi connectivity index (χ1n) is 7.07. The van der Waals surface area contributed by atoms with Crippen molar-refractivity contribution in [1.29, 1.82) is 0 Å². The van der Waals surface area contributed by atoms with Gasteiger partial charge < -0.3 is 14.8 Å². The van der Waals surface area contributed by atoms with Crippen LogP contribution in [0.2, 0.25) is 0 Å². The first kappa shape index (κ1) is 16.5. The fourth-order valence-corrected chi connectivity index (χ4v) is 2.34. The number of hydrogen-bond donors (Lipinski definition) is 1. The van der Waals surface area contributed by atoms with E-state index < -0.39 is 0 Å². The molecule has 0 unspecified atom stereocenters. The largest absolute Gasteiger partial charge is 0.491 e. The molecule has 0 spiro atoms. The van der Waals surface area contributed by atoms with Gasteiger partial charge in [-0.15, -0.1) is 0 Å². The van der Waals surface area contributed by atoms with Gasteiger partial charge in [0.1, 0.15) is 12.4 Å². The van der Waals surface area contributed by atoms with Gasteiger partial charge in [-0.25, -0.2) is 0 Å². The summed E-state index contributed by atoms with van der Waals surface area (Å²) >= 11 is 3.37. The summed E-state index contributed by atoms with van der Waals surface area (Å²) in [4.78, 5) is 12.2. The van der Waals surface area contributed by atoms with Gasteiger partial charge in [-0.05, 0) is 47.1 Å². The van der Waals surface area contributed by atoms with Gasteiger partial charge in [0.15, 0.2) is 0 Å². The van der Waals surface area contributed by atoms with Crippen LogP contribution < -0.4 is 10.1 Å². The first-order valence-corrected chi connectivity index (χ1v) is 7.86. The van der Waals surface area contributed by atoms with Crippen molar-refractivity contribution < 1.29 is 14.3 Å². The fourth-order valence-electron chi connectivity index (χ4n) is 1.87. The number of halogens is 1. The lowest BCUT2D eigenvalue weighted by Crippen LogP contribution is -2.12. The summed E-state index contributed by atoms with van der Waals surface area (Å²) in [5, 5.41) is 2.86. The van der Waals surface area contributed by atoms with Gasteiger partial charge in [-0.3, -0.25) is 4.79 Å². The van der Waals surface area contributed by atoms with E-state index in [1.54, 1.807) is 12.1 Å². The Morgan fingerprint density at radius 1 is 1.14 bits per heavy atom. The Morgan fingerprint density at radius 2 is 1.95 bits per heavy atom. The van der Waals surface area contributed by atoms with Gasteiger partial charge in [0.2, 0.25) is 0 Å². The van der Waals surface area contributed by atoms with Crippen molar-refractivity contribution in [2.75, 3.05) is 25.1 Å². The van der Waals surface area contributed by atoms with Gasteiger partial charge in [0, 0.05) is 22.8 Å². The van der Waals surface area contributed by atoms with Crippen LogP contribution >= 0.6 is 15.9 Å². The zero-order valence-corrected chi connectivity index (χ0v) is 13.9. The molecule has 2 rings (SSSR count). The fraction of sp³-hybridized carbons (Fsp3) is 0.235. The molecule has 0 aromatic heterocycles. The van der Waals surface area contributed by atoms with Gasteiger partial charge in [0.05, 0.1) is 12.2 Å². The predicted molar refractivity (Wildman–Crippen MR) is 90.5 cm³/mol. The second kappa shape index (κ2) is 8.56. The summed E-state index contributed by atoms with van der Waals surface area (Å²) in [6, 6.07) is 14.6. The number of ether oxygens (including phenoxy) is 2. The lowest BCUT2D eigenvalue weighted by molar-refractivity contribution is 0.102. The lowest BCUT2D eigenvalue weighted by Gasteiger charge is -2.10. The minimum atomic E-state index is -0.168. The Bertz CT molecular complexity index is 631. The summed E-state index contributed by atoms with van der Waals surface area (Å²) < 4.78 is 11.6. The number of hydrogen-bond acceptors (Lipinski definition) is 3. The van der Waals surface area contributed by atoms with Crippen LogP contribution in [0.5, 0.6) is 5.75 Å². The number of carbonyl (C=O) groups is 1. The molecule has 5 heteroatoms. The maximum atomic E-state index is 12.2.